The molecule has 0 aliphatic heterocycles. The van der Waals surface area contributed by atoms with Crippen molar-refractivity contribution in [3.63, 3.8) is 0 Å². The lowest BCUT2D eigenvalue weighted by Gasteiger charge is -2.40. The number of hydrogen-bond acceptors (Lipinski definition) is 11. The topological polar surface area (TPSA) is 211 Å². The molecule has 0 radical (unpaired) electrons. The first-order chi connectivity index (χ1) is 17.4. The number of benzene rings is 2. The molecule has 12 nitrogen and oxygen atoms in total. The zero-order chi connectivity index (χ0) is 27.3. The van der Waals surface area contributed by atoms with E-state index < -0.39 is 66.2 Å². The maximum absolute atomic E-state index is 12.4. The van der Waals surface area contributed by atoms with E-state index in [1.807, 2.05) is 0 Å². The van der Waals surface area contributed by atoms with Gasteiger partial charge in [0, 0.05) is 25.0 Å². The highest BCUT2D eigenvalue weighted by Crippen LogP contribution is 2.33. The monoisotopic (exact) mass is 516 g/mol. The Morgan fingerprint density at radius 2 is 1.27 bits per heavy atom. The van der Waals surface area contributed by atoms with Gasteiger partial charge in [0.05, 0.1) is 6.10 Å². The number of aliphatic hydroxyl groups excluding tert-OH is 1. The normalized spacial score (nSPS) is 23.7. The van der Waals surface area contributed by atoms with Gasteiger partial charge in [0.1, 0.15) is 6.10 Å². The number of carboxylic acids is 1. The van der Waals surface area contributed by atoms with Gasteiger partial charge in [-0.15, -0.1) is 0 Å². The number of phenolic OH excluding ortho intramolecular Hbond substituents is 4. The van der Waals surface area contributed by atoms with Crippen molar-refractivity contribution in [3.05, 3.63) is 59.7 Å². The summed E-state index contributed by atoms with van der Waals surface area (Å²) in [4.78, 5) is 36.3. The third-order valence-corrected chi connectivity index (χ3v) is 5.57. The Kier molecular flexibility index (Phi) is 8.05. The number of ether oxygens (including phenoxy) is 2. The largest absolute Gasteiger partial charge is 0.504 e. The van der Waals surface area contributed by atoms with Crippen LogP contribution in [0.15, 0.2) is 48.6 Å². The number of phenols is 4. The zero-order valence-corrected chi connectivity index (χ0v) is 19.1. The van der Waals surface area contributed by atoms with Crippen LogP contribution in [0.5, 0.6) is 23.0 Å². The van der Waals surface area contributed by atoms with Crippen molar-refractivity contribution in [3.8, 4) is 23.0 Å². The summed E-state index contributed by atoms with van der Waals surface area (Å²) in [5, 5.41) is 68.0. The van der Waals surface area contributed by atoms with E-state index in [0.717, 1.165) is 18.2 Å². The Morgan fingerprint density at radius 3 is 1.73 bits per heavy atom. The Balaban J connectivity index is 1.75. The summed E-state index contributed by atoms with van der Waals surface area (Å²) in [6.07, 6.45) is -1.86. The molecule has 2 aromatic rings. The minimum Gasteiger partial charge on any atom is -0.504 e. The molecule has 4 atom stereocenters. The number of hydrogen-bond donors (Lipinski definition) is 7. The number of rotatable bonds is 7. The van der Waals surface area contributed by atoms with Crippen LogP contribution in [0.3, 0.4) is 0 Å². The van der Waals surface area contributed by atoms with Gasteiger partial charge in [-0.2, -0.15) is 0 Å². The van der Waals surface area contributed by atoms with Crippen LogP contribution in [0.25, 0.3) is 12.2 Å². The van der Waals surface area contributed by atoms with Gasteiger partial charge in [0.15, 0.2) is 34.7 Å². The molecule has 0 aromatic heterocycles. The maximum atomic E-state index is 12.4. The lowest BCUT2D eigenvalue weighted by Crippen LogP contribution is -2.58. The molecule has 0 saturated heterocycles. The third kappa shape index (κ3) is 6.78. The summed E-state index contributed by atoms with van der Waals surface area (Å²) in [7, 11) is 0. The van der Waals surface area contributed by atoms with Gasteiger partial charge in [0.25, 0.3) is 0 Å². The fraction of sp³-hybridized carbons (Fsp3) is 0.240. The number of aromatic hydroxyl groups is 4. The zero-order valence-electron chi connectivity index (χ0n) is 19.1. The maximum Gasteiger partial charge on any atom is 0.335 e. The SMILES string of the molecule is O=C(/C=C/c1ccc(O)c(O)c1)OC1C[C@](O)(C(=O)O)C[C@@H](O)[C@H]1OC(=O)/C=C/c1ccc(O)c(O)c1. The van der Waals surface area contributed by atoms with Crippen molar-refractivity contribution < 1.29 is 59.6 Å². The molecule has 1 saturated carbocycles. The van der Waals surface area contributed by atoms with E-state index >= 15 is 0 Å². The Morgan fingerprint density at radius 1 is 0.784 bits per heavy atom. The van der Waals surface area contributed by atoms with E-state index in [2.05, 4.69) is 0 Å². The molecule has 7 N–H and O–H groups in total. The Hall–Kier alpha value is -4.55. The Labute approximate surface area is 209 Å². The smallest absolute Gasteiger partial charge is 0.335 e. The second-order valence-corrected chi connectivity index (χ2v) is 8.35. The summed E-state index contributed by atoms with van der Waals surface area (Å²) in [5.41, 5.74) is -1.82. The summed E-state index contributed by atoms with van der Waals surface area (Å²) in [6, 6.07) is 7.50. The molecule has 0 spiro atoms. The van der Waals surface area contributed by atoms with Gasteiger partial charge >= 0.3 is 17.9 Å². The quantitative estimate of drug-likeness (QED) is 0.156. The summed E-state index contributed by atoms with van der Waals surface area (Å²) < 4.78 is 10.4. The van der Waals surface area contributed by atoms with Crippen molar-refractivity contribution >= 4 is 30.1 Å². The first-order valence-electron chi connectivity index (χ1n) is 10.8. The number of aliphatic hydroxyl groups is 2. The molecule has 0 heterocycles. The molecular weight excluding hydrogens is 492 g/mol. The highest BCUT2D eigenvalue weighted by molar-refractivity contribution is 5.88. The van der Waals surface area contributed by atoms with E-state index in [1.54, 1.807) is 0 Å². The van der Waals surface area contributed by atoms with Crippen LogP contribution < -0.4 is 0 Å². The van der Waals surface area contributed by atoms with Crippen molar-refractivity contribution in [1.29, 1.82) is 0 Å². The predicted octanol–water partition coefficient (Wildman–Crippen LogP) is 1.03. The molecule has 1 unspecified atom stereocenters. The van der Waals surface area contributed by atoms with Gasteiger partial charge in [-0.25, -0.2) is 14.4 Å². The van der Waals surface area contributed by atoms with E-state index in [4.69, 9.17) is 9.47 Å². The number of carbonyl (C=O) groups excluding carboxylic acids is 2. The molecule has 3 rings (SSSR count). The van der Waals surface area contributed by atoms with Crippen LogP contribution in [0.1, 0.15) is 24.0 Å². The fourth-order valence-corrected chi connectivity index (χ4v) is 3.66. The second kappa shape index (κ2) is 11.0. The highest BCUT2D eigenvalue weighted by atomic mass is 16.6. The number of carbonyl (C=O) groups is 3. The average molecular weight is 516 g/mol. The minimum absolute atomic E-state index is 0.311. The molecule has 1 aliphatic rings. The molecule has 12 heteroatoms. The summed E-state index contributed by atoms with van der Waals surface area (Å²) in [6.45, 7) is 0. The van der Waals surface area contributed by atoms with E-state index in [1.165, 1.54) is 42.5 Å². The van der Waals surface area contributed by atoms with Gasteiger partial charge in [-0.1, -0.05) is 12.1 Å². The number of carboxylic acid groups (broad SMARTS) is 1. The standard InChI is InChI=1S/C25H24O12/c26-15-5-1-13(9-17(15)28)3-7-21(31)36-20-12-25(35,24(33)34)11-19(30)23(20)37-22(32)8-4-14-2-6-16(27)18(29)10-14/h1-10,19-20,23,26-30,35H,11-12H2,(H,33,34)/b7-3+,8-4+/t19-,20?,23-,25+/m1/s1. The number of esters is 2. The van der Waals surface area contributed by atoms with Crippen LogP contribution in [0.4, 0.5) is 0 Å². The molecule has 196 valence electrons. The van der Waals surface area contributed by atoms with Crippen LogP contribution in [0.2, 0.25) is 0 Å². The van der Waals surface area contributed by atoms with E-state index in [0.29, 0.717) is 11.1 Å². The molecule has 0 bridgehead atoms. The summed E-state index contributed by atoms with van der Waals surface area (Å²) in [5.74, 6) is -5.29. The molecule has 1 aliphatic carbocycles. The van der Waals surface area contributed by atoms with Gasteiger partial charge in [-0.3, -0.25) is 0 Å². The van der Waals surface area contributed by atoms with Crippen LogP contribution in [-0.4, -0.2) is 77.6 Å². The Bertz CT molecular complexity index is 1250. The van der Waals surface area contributed by atoms with Crippen molar-refractivity contribution in [2.45, 2.75) is 36.8 Å². The van der Waals surface area contributed by atoms with E-state index in [-0.39, 0.29) is 11.5 Å². The fourth-order valence-electron chi connectivity index (χ4n) is 3.66. The van der Waals surface area contributed by atoms with Crippen molar-refractivity contribution in [2.75, 3.05) is 0 Å². The van der Waals surface area contributed by atoms with Gasteiger partial charge in [-0.05, 0) is 47.5 Å². The van der Waals surface area contributed by atoms with Crippen LogP contribution >= 0.6 is 0 Å². The van der Waals surface area contributed by atoms with Crippen molar-refractivity contribution in [1.82, 2.24) is 0 Å². The summed E-state index contributed by atoms with van der Waals surface area (Å²) >= 11 is 0. The molecule has 2 aromatic carbocycles. The third-order valence-electron chi connectivity index (χ3n) is 5.57. The van der Waals surface area contributed by atoms with Crippen LogP contribution in [0, 0.1) is 0 Å². The first-order valence-corrected chi connectivity index (χ1v) is 10.8. The minimum atomic E-state index is -2.46. The molecular formula is C25H24O12. The highest BCUT2D eigenvalue weighted by Gasteiger charge is 2.52. The predicted molar refractivity (Wildman–Crippen MR) is 125 cm³/mol. The van der Waals surface area contributed by atoms with Gasteiger partial charge in [0.2, 0.25) is 0 Å². The number of aliphatic carboxylic acids is 1. The lowest BCUT2D eigenvalue weighted by molar-refractivity contribution is -0.204. The lowest BCUT2D eigenvalue weighted by atomic mass is 9.79. The second-order valence-electron chi connectivity index (χ2n) is 8.35. The average Bonchev–Trinajstić information content (AvgIpc) is 2.82. The van der Waals surface area contributed by atoms with Crippen LogP contribution in [-0.2, 0) is 23.9 Å². The molecule has 1 fully saturated rings. The molecule has 37 heavy (non-hydrogen) atoms. The van der Waals surface area contributed by atoms with Gasteiger partial charge < -0.3 is 45.2 Å². The molecule has 0 amide bonds. The van der Waals surface area contributed by atoms with Crippen molar-refractivity contribution in [2.24, 2.45) is 0 Å². The van der Waals surface area contributed by atoms with E-state index in [9.17, 15) is 50.1 Å². The first kappa shape index (κ1) is 27.0.